The molecule has 2 aromatic rings. The first-order chi connectivity index (χ1) is 10.7. The summed E-state index contributed by atoms with van der Waals surface area (Å²) < 4.78 is 7.06. The van der Waals surface area contributed by atoms with Crippen molar-refractivity contribution in [1.82, 2.24) is 14.7 Å². The molecule has 1 fully saturated rings. The van der Waals surface area contributed by atoms with Gasteiger partial charge in [0.25, 0.3) is 5.91 Å². The molecule has 6 nitrogen and oxygen atoms in total. The van der Waals surface area contributed by atoms with Crippen LogP contribution < -0.4 is 0 Å². The third-order valence-electron chi connectivity index (χ3n) is 3.76. The zero-order valence-electron chi connectivity index (χ0n) is 12.4. The third-order valence-corrected chi connectivity index (χ3v) is 4.65. The summed E-state index contributed by atoms with van der Waals surface area (Å²) in [6, 6.07) is 5.78. The molecule has 22 heavy (non-hydrogen) atoms. The highest BCUT2D eigenvalue weighted by atomic mass is 32.1. The van der Waals surface area contributed by atoms with Crippen LogP contribution in [0, 0.1) is 5.92 Å². The first-order valence-corrected chi connectivity index (χ1v) is 8.13. The van der Waals surface area contributed by atoms with Crippen molar-refractivity contribution in [2.75, 3.05) is 32.9 Å². The number of carbonyl (C=O) groups excluding carboxylic acids is 1. The van der Waals surface area contributed by atoms with Gasteiger partial charge in [0.05, 0.1) is 18.1 Å². The van der Waals surface area contributed by atoms with E-state index in [1.54, 1.807) is 28.0 Å². The molecule has 0 spiro atoms. The van der Waals surface area contributed by atoms with Crippen LogP contribution in [0.3, 0.4) is 0 Å². The van der Waals surface area contributed by atoms with Crippen LogP contribution in [0.25, 0.3) is 10.6 Å². The van der Waals surface area contributed by atoms with Crippen LogP contribution in [0.15, 0.2) is 23.6 Å². The highest BCUT2D eigenvalue weighted by Crippen LogP contribution is 2.24. The highest BCUT2D eigenvalue weighted by molar-refractivity contribution is 7.13. The Kier molecular flexibility index (Phi) is 4.56. The minimum Gasteiger partial charge on any atom is -0.396 e. The average Bonchev–Trinajstić information content (AvgIpc) is 3.10. The molecule has 0 aromatic carbocycles. The number of hydrogen-bond acceptors (Lipinski definition) is 5. The summed E-state index contributed by atoms with van der Waals surface area (Å²) in [4.78, 5) is 15.5. The predicted molar refractivity (Wildman–Crippen MR) is 83.8 cm³/mol. The molecule has 118 valence electrons. The van der Waals surface area contributed by atoms with Crippen LogP contribution in [0.1, 0.15) is 10.5 Å². The Bertz CT molecular complexity index is 639. The number of hydrogen-bond donors (Lipinski definition) is 1. The molecule has 1 saturated heterocycles. The molecule has 0 aliphatic carbocycles. The van der Waals surface area contributed by atoms with E-state index < -0.39 is 0 Å². The Morgan fingerprint density at radius 2 is 2.45 bits per heavy atom. The Morgan fingerprint density at radius 3 is 3.18 bits per heavy atom. The lowest BCUT2D eigenvalue weighted by atomic mass is 10.1. The summed E-state index contributed by atoms with van der Waals surface area (Å²) >= 11 is 1.60. The van der Waals surface area contributed by atoms with Crippen molar-refractivity contribution in [2.45, 2.75) is 0 Å². The van der Waals surface area contributed by atoms with Crippen LogP contribution in [0.4, 0.5) is 0 Å². The first kappa shape index (κ1) is 15.2. The molecule has 2 aromatic heterocycles. The number of aliphatic hydroxyl groups is 1. The van der Waals surface area contributed by atoms with E-state index in [1.165, 1.54) is 0 Å². The van der Waals surface area contributed by atoms with Crippen molar-refractivity contribution in [2.24, 2.45) is 13.0 Å². The van der Waals surface area contributed by atoms with Gasteiger partial charge < -0.3 is 14.7 Å². The van der Waals surface area contributed by atoms with Crippen LogP contribution in [-0.4, -0.2) is 58.6 Å². The lowest BCUT2D eigenvalue weighted by Crippen LogP contribution is -2.37. The zero-order valence-corrected chi connectivity index (χ0v) is 13.3. The molecule has 0 bridgehead atoms. The third kappa shape index (κ3) is 3.06. The molecule has 1 aliphatic heterocycles. The van der Waals surface area contributed by atoms with Crippen LogP contribution in [0.2, 0.25) is 0 Å². The second-order valence-electron chi connectivity index (χ2n) is 5.39. The monoisotopic (exact) mass is 321 g/mol. The van der Waals surface area contributed by atoms with Crippen molar-refractivity contribution in [1.29, 1.82) is 0 Å². The minimum atomic E-state index is -0.0678. The van der Waals surface area contributed by atoms with E-state index in [4.69, 9.17) is 4.74 Å². The Hall–Kier alpha value is -1.70. The molecule has 0 unspecified atom stereocenters. The molecule has 1 atom stereocenters. The van der Waals surface area contributed by atoms with Gasteiger partial charge in [0.2, 0.25) is 0 Å². The standard InChI is InChI=1S/C15H19N3O3S/c1-17-13(7-12(16-17)14-3-2-6-22-14)15(20)18-4-5-21-10-11(8-18)9-19/h2-3,6-7,11,19H,4-5,8-10H2,1H3/t11-/m0/s1. The summed E-state index contributed by atoms with van der Waals surface area (Å²) in [6.07, 6.45) is 0. The first-order valence-electron chi connectivity index (χ1n) is 7.25. The van der Waals surface area contributed by atoms with E-state index in [2.05, 4.69) is 5.10 Å². The van der Waals surface area contributed by atoms with Gasteiger partial charge in [0, 0.05) is 32.7 Å². The van der Waals surface area contributed by atoms with E-state index in [0.29, 0.717) is 32.0 Å². The number of carbonyl (C=O) groups is 1. The summed E-state index contributed by atoms with van der Waals surface area (Å²) in [5.74, 6) is -0.0989. The Morgan fingerprint density at radius 1 is 1.59 bits per heavy atom. The second kappa shape index (κ2) is 6.60. The minimum absolute atomic E-state index is 0.0234. The fraction of sp³-hybridized carbons (Fsp3) is 0.467. The largest absolute Gasteiger partial charge is 0.396 e. The van der Waals surface area contributed by atoms with E-state index in [-0.39, 0.29) is 18.4 Å². The quantitative estimate of drug-likeness (QED) is 0.923. The predicted octanol–water partition coefficient (Wildman–Crippen LogP) is 1.23. The van der Waals surface area contributed by atoms with E-state index >= 15 is 0 Å². The number of amides is 1. The van der Waals surface area contributed by atoms with Gasteiger partial charge in [-0.25, -0.2) is 0 Å². The van der Waals surface area contributed by atoms with E-state index in [0.717, 1.165) is 10.6 Å². The molecule has 1 aliphatic rings. The number of thiophene rings is 1. The second-order valence-corrected chi connectivity index (χ2v) is 6.34. The Balaban J connectivity index is 1.82. The van der Waals surface area contributed by atoms with Gasteiger partial charge in [-0.3, -0.25) is 9.48 Å². The Labute approximate surface area is 132 Å². The molecule has 1 N–H and O–H groups in total. The maximum Gasteiger partial charge on any atom is 0.272 e. The van der Waals surface area contributed by atoms with Crippen molar-refractivity contribution < 1.29 is 14.6 Å². The number of rotatable bonds is 3. The van der Waals surface area contributed by atoms with Gasteiger partial charge >= 0.3 is 0 Å². The molecule has 7 heteroatoms. The molecule has 0 saturated carbocycles. The number of aliphatic hydroxyl groups excluding tert-OH is 1. The van der Waals surface area contributed by atoms with Crippen molar-refractivity contribution in [3.05, 3.63) is 29.3 Å². The van der Waals surface area contributed by atoms with Crippen molar-refractivity contribution in [3.63, 3.8) is 0 Å². The maximum absolute atomic E-state index is 12.7. The summed E-state index contributed by atoms with van der Waals surface area (Å²) in [7, 11) is 1.78. The van der Waals surface area contributed by atoms with Gasteiger partial charge in [0.15, 0.2) is 0 Å². The van der Waals surface area contributed by atoms with Gasteiger partial charge in [-0.05, 0) is 17.5 Å². The maximum atomic E-state index is 12.7. The van der Waals surface area contributed by atoms with Gasteiger partial charge in [-0.15, -0.1) is 11.3 Å². The fourth-order valence-corrected chi connectivity index (χ4v) is 3.23. The van der Waals surface area contributed by atoms with Crippen molar-refractivity contribution >= 4 is 17.2 Å². The summed E-state index contributed by atoms with van der Waals surface area (Å²) in [5, 5.41) is 15.8. The van der Waals surface area contributed by atoms with Crippen LogP contribution in [0.5, 0.6) is 0 Å². The smallest absolute Gasteiger partial charge is 0.272 e. The molecular formula is C15H19N3O3S. The van der Waals surface area contributed by atoms with Crippen LogP contribution >= 0.6 is 11.3 Å². The lowest BCUT2D eigenvalue weighted by molar-refractivity contribution is 0.0717. The number of aryl methyl sites for hydroxylation is 1. The molecule has 3 heterocycles. The SMILES string of the molecule is Cn1nc(-c2cccs2)cc1C(=O)N1CCOC[C@H](CO)C1. The van der Waals surface area contributed by atoms with Gasteiger partial charge in [-0.2, -0.15) is 5.10 Å². The fourth-order valence-electron chi connectivity index (χ4n) is 2.55. The van der Waals surface area contributed by atoms with Crippen LogP contribution in [-0.2, 0) is 11.8 Å². The number of aromatic nitrogens is 2. The molecule has 1 amide bonds. The summed E-state index contributed by atoms with van der Waals surface area (Å²) in [6.45, 7) is 2.06. The molecular weight excluding hydrogens is 302 g/mol. The van der Waals surface area contributed by atoms with Crippen molar-refractivity contribution in [3.8, 4) is 10.6 Å². The summed E-state index contributed by atoms with van der Waals surface area (Å²) in [5.41, 5.74) is 1.37. The molecule has 0 radical (unpaired) electrons. The topological polar surface area (TPSA) is 67.6 Å². The molecule has 3 rings (SSSR count). The number of nitrogens with zero attached hydrogens (tertiary/aromatic N) is 3. The normalized spacial score (nSPS) is 19.2. The van der Waals surface area contributed by atoms with E-state index in [1.807, 2.05) is 23.6 Å². The van der Waals surface area contributed by atoms with E-state index in [9.17, 15) is 9.90 Å². The average molecular weight is 321 g/mol. The van der Waals surface area contributed by atoms with Gasteiger partial charge in [0.1, 0.15) is 11.4 Å². The highest BCUT2D eigenvalue weighted by Gasteiger charge is 2.25. The van der Waals surface area contributed by atoms with Gasteiger partial charge in [-0.1, -0.05) is 6.07 Å². The lowest BCUT2D eigenvalue weighted by Gasteiger charge is -2.22. The number of ether oxygens (including phenoxy) is 1. The zero-order chi connectivity index (χ0) is 15.5.